The zero-order valence-electron chi connectivity index (χ0n) is 20.3. The summed E-state index contributed by atoms with van der Waals surface area (Å²) >= 11 is 0. The highest BCUT2D eigenvalue weighted by molar-refractivity contribution is 7.89. The lowest BCUT2D eigenvalue weighted by molar-refractivity contribution is -0.121. The molecule has 0 radical (unpaired) electrons. The normalized spacial score (nSPS) is 11.6. The third-order valence-electron chi connectivity index (χ3n) is 5.14. The maximum atomic E-state index is 13.3. The topological polar surface area (TPSA) is 97.3 Å². The molecule has 3 rings (SSSR count). The van der Waals surface area contributed by atoms with Gasteiger partial charge in [0.25, 0.3) is 5.91 Å². The predicted molar refractivity (Wildman–Crippen MR) is 135 cm³/mol. The molecule has 0 saturated heterocycles. The van der Waals surface area contributed by atoms with Gasteiger partial charge >= 0.3 is 0 Å². The second-order valence-electron chi connectivity index (χ2n) is 7.85. The molecular weight excluding hydrogens is 485 g/mol. The molecule has 3 aromatic carbocycles. The quantitative estimate of drug-likeness (QED) is 0.310. The molecule has 0 aromatic heterocycles. The Labute approximate surface area is 210 Å². The number of nitrogens with one attached hydrogen (secondary N) is 1. The number of methoxy groups -OCH3 is 1. The van der Waals surface area contributed by atoms with Crippen LogP contribution in [0.5, 0.6) is 11.5 Å². The van der Waals surface area contributed by atoms with Gasteiger partial charge < -0.3 is 9.47 Å². The van der Waals surface area contributed by atoms with Gasteiger partial charge in [-0.1, -0.05) is 29.8 Å². The smallest absolute Gasteiger partial charge is 0.255 e. The van der Waals surface area contributed by atoms with Crippen LogP contribution in [0.3, 0.4) is 0 Å². The Balaban J connectivity index is 1.76. The molecule has 0 spiro atoms. The molecule has 0 fully saturated rings. The highest BCUT2D eigenvalue weighted by atomic mass is 32.2. The van der Waals surface area contributed by atoms with Gasteiger partial charge in [0, 0.05) is 6.54 Å². The first kappa shape index (κ1) is 26.8. The van der Waals surface area contributed by atoms with E-state index in [4.69, 9.17) is 9.47 Å². The van der Waals surface area contributed by atoms with Crippen LogP contribution in [0.1, 0.15) is 23.6 Å². The average Bonchev–Trinajstić information content (AvgIpc) is 2.86. The number of carbonyl (C=O) groups excluding carboxylic acids is 1. The summed E-state index contributed by atoms with van der Waals surface area (Å²) in [5, 5.41) is 3.94. The van der Waals surface area contributed by atoms with Crippen LogP contribution in [0.4, 0.5) is 4.39 Å². The highest BCUT2D eigenvalue weighted by Crippen LogP contribution is 2.27. The Morgan fingerprint density at radius 1 is 1.06 bits per heavy atom. The number of sulfonamides is 1. The summed E-state index contributed by atoms with van der Waals surface area (Å²) in [5.41, 5.74) is 4.44. The third kappa shape index (κ3) is 7.12. The van der Waals surface area contributed by atoms with E-state index >= 15 is 0 Å². The van der Waals surface area contributed by atoms with E-state index in [1.54, 1.807) is 30.3 Å². The first-order valence-electron chi connectivity index (χ1n) is 11.2. The van der Waals surface area contributed by atoms with Crippen molar-refractivity contribution in [2.45, 2.75) is 25.3 Å². The Kier molecular flexibility index (Phi) is 9.15. The molecular formula is C26H28FN3O5S. The molecule has 0 aliphatic heterocycles. The van der Waals surface area contributed by atoms with Gasteiger partial charge in [-0.2, -0.15) is 9.41 Å². The van der Waals surface area contributed by atoms with E-state index in [1.807, 2.05) is 13.8 Å². The molecule has 1 N–H and O–H groups in total. The molecule has 0 aliphatic carbocycles. The van der Waals surface area contributed by atoms with E-state index in [2.05, 4.69) is 10.5 Å². The third-order valence-corrected chi connectivity index (χ3v) is 6.95. The molecule has 0 bridgehead atoms. The van der Waals surface area contributed by atoms with Crippen LogP contribution in [0.2, 0.25) is 0 Å². The summed E-state index contributed by atoms with van der Waals surface area (Å²) in [6.07, 6.45) is 1.41. The highest BCUT2D eigenvalue weighted by Gasteiger charge is 2.27. The van der Waals surface area contributed by atoms with E-state index in [0.717, 1.165) is 9.87 Å². The summed E-state index contributed by atoms with van der Waals surface area (Å²) in [6, 6.07) is 16.9. The molecule has 36 heavy (non-hydrogen) atoms. The van der Waals surface area contributed by atoms with Gasteiger partial charge in [-0.25, -0.2) is 18.2 Å². The number of benzene rings is 3. The molecule has 190 valence electrons. The lowest BCUT2D eigenvalue weighted by Crippen LogP contribution is -2.39. The first-order chi connectivity index (χ1) is 17.2. The summed E-state index contributed by atoms with van der Waals surface area (Å²) in [6.45, 7) is 3.59. The summed E-state index contributed by atoms with van der Waals surface area (Å²) in [4.78, 5) is 12.7. The maximum Gasteiger partial charge on any atom is 0.255 e. The molecule has 8 nitrogen and oxygen atoms in total. The molecule has 0 aliphatic rings. The number of ether oxygens (including phenoxy) is 2. The van der Waals surface area contributed by atoms with E-state index < -0.39 is 28.3 Å². The van der Waals surface area contributed by atoms with Crippen molar-refractivity contribution in [3.63, 3.8) is 0 Å². The van der Waals surface area contributed by atoms with Crippen molar-refractivity contribution in [2.24, 2.45) is 5.10 Å². The minimum Gasteiger partial charge on any atom is -0.493 e. The van der Waals surface area contributed by atoms with Gasteiger partial charge in [-0.05, 0) is 67.4 Å². The van der Waals surface area contributed by atoms with Crippen molar-refractivity contribution in [3.05, 3.63) is 89.2 Å². The van der Waals surface area contributed by atoms with Gasteiger partial charge in [0.15, 0.2) is 11.5 Å². The number of amides is 1. The predicted octanol–water partition coefficient (Wildman–Crippen LogP) is 3.88. The first-order valence-corrected chi connectivity index (χ1v) is 12.6. The Morgan fingerprint density at radius 3 is 2.39 bits per heavy atom. The largest absolute Gasteiger partial charge is 0.493 e. The number of hydrazone groups is 1. The maximum absolute atomic E-state index is 13.3. The fourth-order valence-electron chi connectivity index (χ4n) is 3.29. The van der Waals surface area contributed by atoms with Gasteiger partial charge in [-0.3, -0.25) is 4.79 Å². The average molecular weight is 514 g/mol. The lowest BCUT2D eigenvalue weighted by atomic mass is 10.2. The monoisotopic (exact) mass is 513 g/mol. The standard InChI is InChI=1S/C26H28FN3O5S/c1-4-35-24-14-9-21(15-25(24)34-3)16-28-29-26(31)18-30(17-20-7-10-22(27)11-8-20)36(32,33)23-12-5-19(2)6-13-23/h5-16H,4,17-18H2,1-3H3,(H,29,31)/b28-16-. The molecule has 0 atom stereocenters. The zero-order valence-corrected chi connectivity index (χ0v) is 21.1. The number of nitrogens with zero attached hydrogens (tertiary/aromatic N) is 2. The van der Waals surface area contributed by atoms with Crippen molar-refractivity contribution in [1.82, 2.24) is 9.73 Å². The van der Waals surface area contributed by atoms with Crippen molar-refractivity contribution < 1.29 is 27.1 Å². The van der Waals surface area contributed by atoms with E-state index in [1.165, 1.54) is 49.7 Å². The van der Waals surface area contributed by atoms with Gasteiger partial charge in [0.1, 0.15) is 5.82 Å². The van der Waals surface area contributed by atoms with Crippen LogP contribution in [0, 0.1) is 12.7 Å². The van der Waals surface area contributed by atoms with E-state index in [9.17, 15) is 17.6 Å². The molecule has 3 aromatic rings. The summed E-state index contributed by atoms with van der Waals surface area (Å²) in [5.74, 6) is 0.0207. The number of aryl methyl sites for hydroxylation is 1. The van der Waals surface area contributed by atoms with Gasteiger partial charge in [0.2, 0.25) is 10.0 Å². The molecule has 0 heterocycles. The lowest BCUT2D eigenvalue weighted by Gasteiger charge is -2.21. The van der Waals surface area contributed by atoms with Crippen LogP contribution in [-0.2, 0) is 21.4 Å². The Morgan fingerprint density at radius 2 is 1.75 bits per heavy atom. The molecule has 1 amide bonds. The van der Waals surface area contributed by atoms with Crippen molar-refractivity contribution >= 4 is 22.1 Å². The Hall–Kier alpha value is -3.76. The molecule has 10 heteroatoms. The minimum atomic E-state index is -4.02. The number of halogens is 1. The van der Waals surface area contributed by atoms with Crippen LogP contribution in [-0.4, -0.2) is 45.1 Å². The number of hydrogen-bond donors (Lipinski definition) is 1. The zero-order chi connectivity index (χ0) is 26.1. The molecule has 0 unspecified atom stereocenters. The molecule has 0 saturated carbocycles. The number of hydrogen-bond acceptors (Lipinski definition) is 6. The fraction of sp³-hybridized carbons (Fsp3) is 0.231. The van der Waals surface area contributed by atoms with E-state index in [0.29, 0.717) is 29.2 Å². The fourth-order valence-corrected chi connectivity index (χ4v) is 4.68. The second-order valence-corrected chi connectivity index (χ2v) is 9.79. The van der Waals surface area contributed by atoms with Crippen molar-refractivity contribution in [1.29, 1.82) is 0 Å². The van der Waals surface area contributed by atoms with Crippen LogP contribution in [0.25, 0.3) is 0 Å². The van der Waals surface area contributed by atoms with Crippen LogP contribution < -0.4 is 14.9 Å². The van der Waals surface area contributed by atoms with Crippen molar-refractivity contribution in [3.8, 4) is 11.5 Å². The summed E-state index contributed by atoms with van der Waals surface area (Å²) < 4.78 is 51.7. The minimum absolute atomic E-state index is 0.0491. The van der Waals surface area contributed by atoms with Crippen LogP contribution in [0.15, 0.2) is 76.7 Å². The Bertz CT molecular complexity index is 1310. The number of rotatable bonds is 11. The number of carbonyl (C=O) groups is 1. The van der Waals surface area contributed by atoms with E-state index in [-0.39, 0.29) is 11.4 Å². The van der Waals surface area contributed by atoms with Gasteiger partial charge in [-0.15, -0.1) is 0 Å². The van der Waals surface area contributed by atoms with Crippen molar-refractivity contribution in [2.75, 3.05) is 20.3 Å². The SMILES string of the molecule is CCOc1ccc(/C=N\NC(=O)CN(Cc2ccc(F)cc2)S(=O)(=O)c2ccc(C)cc2)cc1OC. The van der Waals surface area contributed by atoms with Crippen LogP contribution >= 0.6 is 0 Å². The second kappa shape index (κ2) is 12.3. The summed E-state index contributed by atoms with van der Waals surface area (Å²) in [7, 11) is -2.50. The van der Waals surface area contributed by atoms with Gasteiger partial charge in [0.05, 0.1) is 31.4 Å².